The van der Waals surface area contributed by atoms with Gasteiger partial charge >= 0.3 is 5.97 Å². The summed E-state index contributed by atoms with van der Waals surface area (Å²) in [7, 11) is 0. The molecule has 2 rings (SSSR count). The summed E-state index contributed by atoms with van der Waals surface area (Å²) in [6.45, 7) is 1.59. The van der Waals surface area contributed by atoms with E-state index in [-0.39, 0.29) is 11.8 Å². The second kappa shape index (κ2) is 3.57. The zero-order valence-corrected chi connectivity index (χ0v) is 7.90. The first-order valence-corrected chi connectivity index (χ1v) is 4.94. The number of amides is 1. The summed E-state index contributed by atoms with van der Waals surface area (Å²) in [5.41, 5.74) is 0. The highest BCUT2D eigenvalue weighted by molar-refractivity contribution is 5.86. The summed E-state index contributed by atoms with van der Waals surface area (Å²) in [5.74, 6) is -0.778. The highest BCUT2D eigenvalue weighted by Crippen LogP contribution is 2.31. The first kappa shape index (κ1) is 9.45. The van der Waals surface area contributed by atoms with Gasteiger partial charge in [0, 0.05) is 25.6 Å². The second-order valence-electron chi connectivity index (χ2n) is 3.86. The van der Waals surface area contributed by atoms with Gasteiger partial charge in [-0.05, 0) is 12.8 Å². The van der Waals surface area contributed by atoms with Gasteiger partial charge in [-0.15, -0.1) is 0 Å². The average molecular weight is 198 g/mol. The van der Waals surface area contributed by atoms with E-state index < -0.39 is 12.0 Å². The third-order valence-corrected chi connectivity index (χ3v) is 2.74. The molecule has 0 bridgehead atoms. The van der Waals surface area contributed by atoms with Crippen LogP contribution >= 0.6 is 0 Å². The second-order valence-corrected chi connectivity index (χ2v) is 3.86. The molecule has 78 valence electrons. The molecule has 1 saturated heterocycles. The SMILES string of the molecule is O=C(O)C1CNCCN1C(=O)C1CC1. The van der Waals surface area contributed by atoms with Crippen LogP contribution in [0.1, 0.15) is 12.8 Å². The Labute approximate surface area is 82.1 Å². The Balaban J connectivity index is 2.05. The van der Waals surface area contributed by atoms with E-state index in [9.17, 15) is 9.59 Å². The molecule has 2 fully saturated rings. The van der Waals surface area contributed by atoms with Gasteiger partial charge in [0.2, 0.25) is 5.91 Å². The number of carboxylic acid groups (broad SMARTS) is 1. The number of nitrogens with one attached hydrogen (secondary N) is 1. The van der Waals surface area contributed by atoms with Crippen molar-refractivity contribution in [3.8, 4) is 0 Å². The highest BCUT2D eigenvalue weighted by Gasteiger charge is 2.39. The van der Waals surface area contributed by atoms with Crippen molar-refractivity contribution in [1.29, 1.82) is 0 Å². The van der Waals surface area contributed by atoms with E-state index in [1.165, 1.54) is 4.90 Å². The number of aliphatic carboxylic acids is 1. The summed E-state index contributed by atoms with van der Waals surface area (Å²) in [4.78, 5) is 24.1. The molecular formula is C9H14N2O3. The largest absolute Gasteiger partial charge is 0.480 e. The van der Waals surface area contributed by atoms with Crippen molar-refractivity contribution in [3.05, 3.63) is 0 Å². The van der Waals surface area contributed by atoms with Crippen LogP contribution in [-0.4, -0.2) is 47.6 Å². The predicted octanol–water partition coefficient (Wildman–Crippen LogP) is -0.719. The minimum Gasteiger partial charge on any atom is -0.480 e. The fraction of sp³-hybridized carbons (Fsp3) is 0.778. The molecule has 0 aromatic carbocycles. The van der Waals surface area contributed by atoms with E-state index in [2.05, 4.69) is 5.32 Å². The average Bonchev–Trinajstić information content (AvgIpc) is 3.00. The van der Waals surface area contributed by atoms with E-state index in [1.807, 2.05) is 0 Å². The Morgan fingerprint density at radius 1 is 1.36 bits per heavy atom. The highest BCUT2D eigenvalue weighted by atomic mass is 16.4. The lowest BCUT2D eigenvalue weighted by molar-refractivity contribution is -0.151. The molecule has 0 radical (unpaired) electrons. The van der Waals surface area contributed by atoms with Crippen molar-refractivity contribution < 1.29 is 14.7 Å². The van der Waals surface area contributed by atoms with Crippen LogP contribution in [0.3, 0.4) is 0 Å². The maximum Gasteiger partial charge on any atom is 0.327 e. The summed E-state index contributed by atoms with van der Waals surface area (Å²) in [6, 6.07) is -0.670. The van der Waals surface area contributed by atoms with Crippen LogP contribution in [0.25, 0.3) is 0 Å². The molecule has 14 heavy (non-hydrogen) atoms. The van der Waals surface area contributed by atoms with Gasteiger partial charge in [0.05, 0.1) is 0 Å². The van der Waals surface area contributed by atoms with Crippen molar-refractivity contribution in [2.75, 3.05) is 19.6 Å². The smallest absolute Gasteiger partial charge is 0.327 e. The number of nitrogens with zero attached hydrogens (tertiary/aromatic N) is 1. The Bertz CT molecular complexity index is 263. The molecule has 1 aliphatic carbocycles. The zero-order valence-electron chi connectivity index (χ0n) is 7.90. The molecule has 2 aliphatic rings. The van der Waals surface area contributed by atoms with E-state index in [4.69, 9.17) is 5.11 Å². The third kappa shape index (κ3) is 1.72. The molecule has 1 atom stereocenters. The normalized spacial score (nSPS) is 27.4. The van der Waals surface area contributed by atoms with Gasteiger partial charge in [0.25, 0.3) is 0 Å². The molecule has 5 nitrogen and oxygen atoms in total. The van der Waals surface area contributed by atoms with E-state index in [1.54, 1.807) is 0 Å². The van der Waals surface area contributed by atoms with Crippen molar-refractivity contribution in [2.45, 2.75) is 18.9 Å². The monoisotopic (exact) mass is 198 g/mol. The van der Waals surface area contributed by atoms with Gasteiger partial charge in [0.15, 0.2) is 0 Å². The minimum absolute atomic E-state index is 0.0268. The summed E-state index contributed by atoms with van der Waals surface area (Å²) in [6.07, 6.45) is 1.85. The van der Waals surface area contributed by atoms with Crippen LogP contribution < -0.4 is 5.32 Å². The van der Waals surface area contributed by atoms with Crippen LogP contribution in [0.5, 0.6) is 0 Å². The molecule has 0 aromatic rings. The van der Waals surface area contributed by atoms with Crippen molar-refractivity contribution in [1.82, 2.24) is 10.2 Å². The molecule has 0 spiro atoms. The Kier molecular flexibility index (Phi) is 2.41. The van der Waals surface area contributed by atoms with Crippen LogP contribution in [0.2, 0.25) is 0 Å². The summed E-state index contributed by atoms with van der Waals surface area (Å²) in [5, 5.41) is 11.9. The van der Waals surface area contributed by atoms with E-state index in [0.29, 0.717) is 19.6 Å². The number of rotatable bonds is 2. The lowest BCUT2D eigenvalue weighted by Crippen LogP contribution is -2.57. The number of carbonyl (C=O) groups is 2. The number of carbonyl (C=O) groups excluding carboxylic acids is 1. The Hall–Kier alpha value is -1.10. The molecule has 1 heterocycles. The maximum atomic E-state index is 11.7. The van der Waals surface area contributed by atoms with Crippen molar-refractivity contribution >= 4 is 11.9 Å². The first-order valence-electron chi connectivity index (χ1n) is 4.94. The van der Waals surface area contributed by atoms with Crippen molar-refractivity contribution in [3.63, 3.8) is 0 Å². The number of piperazine rings is 1. The molecule has 1 amide bonds. The quantitative estimate of drug-likeness (QED) is 0.614. The third-order valence-electron chi connectivity index (χ3n) is 2.74. The molecule has 2 N–H and O–H groups in total. The lowest BCUT2D eigenvalue weighted by Gasteiger charge is -2.33. The van der Waals surface area contributed by atoms with Crippen LogP contribution in [0.15, 0.2) is 0 Å². The Morgan fingerprint density at radius 3 is 2.64 bits per heavy atom. The summed E-state index contributed by atoms with van der Waals surface area (Å²) < 4.78 is 0. The zero-order chi connectivity index (χ0) is 10.1. The van der Waals surface area contributed by atoms with E-state index in [0.717, 1.165) is 12.8 Å². The first-order chi connectivity index (χ1) is 6.70. The molecular weight excluding hydrogens is 184 g/mol. The minimum atomic E-state index is -0.911. The van der Waals surface area contributed by atoms with Crippen molar-refractivity contribution in [2.24, 2.45) is 5.92 Å². The maximum absolute atomic E-state index is 11.7. The van der Waals surface area contributed by atoms with Gasteiger partial charge in [-0.1, -0.05) is 0 Å². The number of hydrogen-bond acceptors (Lipinski definition) is 3. The molecule has 0 aromatic heterocycles. The van der Waals surface area contributed by atoms with Gasteiger partial charge < -0.3 is 15.3 Å². The van der Waals surface area contributed by atoms with Gasteiger partial charge in [-0.25, -0.2) is 4.79 Å². The predicted molar refractivity (Wildman–Crippen MR) is 48.7 cm³/mol. The number of carboxylic acids is 1. The fourth-order valence-corrected chi connectivity index (χ4v) is 1.75. The molecule has 1 aliphatic heterocycles. The van der Waals surface area contributed by atoms with Gasteiger partial charge in [-0.2, -0.15) is 0 Å². The lowest BCUT2D eigenvalue weighted by atomic mass is 10.1. The van der Waals surface area contributed by atoms with Crippen LogP contribution in [-0.2, 0) is 9.59 Å². The van der Waals surface area contributed by atoms with Crippen LogP contribution in [0, 0.1) is 5.92 Å². The van der Waals surface area contributed by atoms with Gasteiger partial charge in [-0.3, -0.25) is 4.79 Å². The standard InChI is InChI=1S/C9H14N2O3/c12-8(6-1-2-6)11-4-3-10-5-7(11)9(13)14/h6-7,10H,1-5H2,(H,13,14). The molecule has 1 unspecified atom stereocenters. The van der Waals surface area contributed by atoms with Gasteiger partial charge in [0.1, 0.15) is 6.04 Å². The topological polar surface area (TPSA) is 69.6 Å². The Morgan fingerprint density at radius 2 is 2.07 bits per heavy atom. The molecule has 5 heteroatoms. The van der Waals surface area contributed by atoms with Crippen LogP contribution in [0.4, 0.5) is 0 Å². The summed E-state index contributed by atoms with van der Waals surface area (Å²) >= 11 is 0. The van der Waals surface area contributed by atoms with E-state index >= 15 is 0 Å². The number of hydrogen-bond donors (Lipinski definition) is 2. The molecule has 1 saturated carbocycles. The fourth-order valence-electron chi connectivity index (χ4n) is 1.75.